The van der Waals surface area contributed by atoms with Crippen molar-refractivity contribution < 1.29 is 0 Å². The Morgan fingerprint density at radius 1 is 0.379 bits per heavy atom. The molecule has 0 atom stereocenters. The molecular formula is C28H19Cl. The molecule has 0 aliphatic rings. The molecule has 0 heterocycles. The van der Waals surface area contributed by atoms with Crippen LogP contribution in [0.3, 0.4) is 0 Å². The SMILES string of the molecule is Clc1ccc(-c2ccccc2-c2cccc3cccc(-c4ccccc4)c23)cc1. The molecule has 0 aliphatic heterocycles. The van der Waals surface area contributed by atoms with Crippen LogP contribution in [0.1, 0.15) is 0 Å². The summed E-state index contributed by atoms with van der Waals surface area (Å²) in [7, 11) is 0. The van der Waals surface area contributed by atoms with Gasteiger partial charge in [0.05, 0.1) is 0 Å². The predicted molar refractivity (Wildman–Crippen MR) is 125 cm³/mol. The highest BCUT2D eigenvalue weighted by molar-refractivity contribution is 6.30. The van der Waals surface area contributed by atoms with Crippen LogP contribution in [0.15, 0.2) is 115 Å². The fourth-order valence-corrected chi connectivity index (χ4v) is 4.15. The van der Waals surface area contributed by atoms with Crippen LogP contribution < -0.4 is 0 Å². The third kappa shape index (κ3) is 3.33. The van der Waals surface area contributed by atoms with E-state index in [0.717, 1.165) is 5.02 Å². The second-order valence-corrected chi connectivity index (χ2v) is 7.56. The first-order valence-corrected chi connectivity index (χ1v) is 10.1. The lowest BCUT2D eigenvalue weighted by atomic mass is 9.88. The molecular weight excluding hydrogens is 372 g/mol. The van der Waals surface area contributed by atoms with E-state index < -0.39 is 0 Å². The Morgan fingerprint density at radius 3 is 1.66 bits per heavy atom. The Kier molecular flexibility index (Phi) is 4.63. The molecule has 5 aromatic rings. The molecule has 0 aromatic heterocycles. The minimum atomic E-state index is 0.753. The molecule has 0 nitrogen and oxygen atoms in total. The second-order valence-electron chi connectivity index (χ2n) is 7.13. The highest BCUT2D eigenvalue weighted by Crippen LogP contribution is 2.40. The summed E-state index contributed by atoms with van der Waals surface area (Å²) < 4.78 is 0. The number of rotatable bonds is 3. The Hall–Kier alpha value is -3.35. The molecule has 0 amide bonds. The van der Waals surface area contributed by atoms with Crippen LogP contribution in [0.25, 0.3) is 44.2 Å². The lowest BCUT2D eigenvalue weighted by Crippen LogP contribution is -1.89. The monoisotopic (exact) mass is 390 g/mol. The van der Waals surface area contributed by atoms with Crippen LogP contribution in [0.5, 0.6) is 0 Å². The average Bonchev–Trinajstić information content (AvgIpc) is 2.79. The van der Waals surface area contributed by atoms with E-state index in [1.165, 1.54) is 44.2 Å². The summed E-state index contributed by atoms with van der Waals surface area (Å²) in [5, 5.41) is 3.28. The molecule has 1 heteroatoms. The van der Waals surface area contributed by atoms with Gasteiger partial charge in [-0.2, -0.15) is 0 Å². The molecule has 0 aliphatic carbocycles. The quantitative estimate of drug-likeness (QED) is 0.289. The third-order valence-electron chi connectivity index (χ3n) is 5.36. The molecule has 5 rings (SSSR count). The zero-order valence-electron chi connectivity index (χ0n) is 15.8. The van der Waals surface area contributed by atoms with Gasteiger partial charge in [-0.3, -0.25) is 0 Å². The van der Waals surface area contributed by atoms with E-state index in [2.05, 4.69) is 103 Å². The molecule has 0 N–H and O–H groups in total. The van der Waals surface area contributed by atoms with E-state index in [1.807, 2.05) is 12.1 Å². The molecule has 0 radical (unpaired) electrons. The molecule has 0 bridgehead atoms. The highest BCUT2D eigenvalue weighted by atomic mass is 35.5. The topological polar surface area (TPSA) is 0 Å². The van der Waals surface area contributed by atoms with E-state index >= 15 is 0 Å². The Bertz CT molecular complexity index is 1280. The largest absolute Gasteiger partial charge is 0.0843 e. The van der Waals surface area contributed by atoms with E-state index in [0.29, 0.717) is 0 Å². The Labute approximate surface area is 176 Å². The summed E-state index contributed by atoms with van der Waals surface area (Å²) in [6, 6.07) is 40.4. The van der Waals surface area contributed by atoms with Gasteiger partial charge in [-0.1, -0.05) is 115 Å². The summed E-state index contributed by atoms with van der Waals surface area (Å²) in [4.78, 5) is 0. The van der Waals surface area contributed by atoms with Crippen molar-refractivity contribution in [2.75, 3.05) is 0 Å². The molecule has 138 valence electrons. The van der Waals surface area contributed by atoms with Crippen LogP contribution in [-0.4, -0.2) is 0 Å². The predicted octanol–water partition coefficient (Wildman–Crippen LogP) is 8.49. The van der Waals surface area contributed by atoms with Crippen LogP contribution in [-0.2, 0) is 0 Å². The van der Waals surface area contributed by atoms with Gasteiger partial charge in [-0.05, 0) is 56.3 Å². The van der Waals surface area contributed by atoms with Gasteiger partial charge in [0.25, 0.3) is 0 Å². The molecule has 0 saturated carbocycles. The van der Waals surface area contributed by atoms with Crippen LogP contribution in [0.4, 0.5) is 0 Å². The molecule has 0 unspecified atom stereocenters. The van der Waals surface area contributed by atoms with Crippen LogP contribution in [0, 0.1) is 0 Å². The standard InChI is InChI=1S/C28H19Cl/c29-23-18-16-21(17-19-23)24-12-4-5-13-26(24)27-15-7-11-22-10-6-14-25(28(22)27)20-8-2-1-3-9-20/h1-19H. The first kappa shape index (κ1) is 17.7. The number of benzene rings is 5. The number of hydrogen-bond acceptors (Lipinski definition) is 0. The summed E-state index contributed by atoms with van der Waals surface area (Å²) >= 11 is 6.12. The first-order chi connectivity index (χ1) is 14.3. The Balaban J connectivity index is 1.81. The lowest BCUT2D eigenvalue weighted by Gasteiger charge is -2.16. The van der Waals surface area contributed by atoms with Crippen molar-refractivity contribution in [3.8, 4) is 33.4 Å². The van der Waals surface area contributed by atoms with E-state index in [9.17, 15) is 0 Å². The summed E-state index contributed by atoms with van der Waals surface area (Å²) in [6.07, 6.45) is 0. The average molecular weight is 391 g/mol. The van der Waals surface area contributed by atoms with Gasteiger partial charge >= 0.3 is 0 Å². The van der Waals surface area contributed by atoms with Crippen molar-refractivity contribution in [1.29, 1.82) is 0 Å². The minimum absolute atomic E-state index is 0.753. The smallest absolute Gasteiger partial charge is 0.0406 e. The number of halogens is 1. The van der Waals surface area contributed by atoms with Crippen molar-refractivity contribution in [2.45, 2.75) is 0 Å². The molecule has 0 spiro atoms. The van der Waals surface area contributed by atoms with Gasteiger partial charge in [-0.25, -0.2) is 0 Å². The fraction of sp³-hybridized carbons (Fsp3) is 0. The summed E-state index contributed by atoms with van der Waals surface area (Å²) in [5.41, 5.74) is 7.33. The minimum Gasteiger partial charge on any atom is -0.0843 e. The molecule has 5 aromatic carbocycles. The van der Waals surface area contributed by atoms with Gasteiger partial charge in [0, 0.05) is 5.02 Å². The zero-order chi connectivity index (χ0) is 19.6. The fourth-order valence-electron chi connectivity index (χ4n) is 4.02. The Morgan fingerprint density at radius 2 is 0.931 bits per heavy atom. The van der Waals surface area contributed by atoms with E-state index in [1.54, 1.807) is 0 Å². The van der Waals surface area contributed by atoms with Gasteiger partial charge in [0.1, 0.15) is 0 Å². The second kappa shape index (κ2) is 7.58. The van der Waals surface area contributed by atoms with Gasteiger partial charge in [-0.15, -0.1) is 0 Å². The number of fused-ring (bicyclic) bond motifs is 1. The van der Waals surface area contributed by atoms with Gasteiger partial charge < -0.3 is 0 Å². The van der Waals surface area contributed by atoms with Crippen molar-refractivity contribution in [3.63, 3.8) is 0 Å². The van der Waals surface area contributed by atoms with Crippen molar-refractivity contribution in [2.24, 2.45) is 0 Å². The third-order valence-corrected chi connectivity index (χ3v) is 5.61. The van der Waals surface area contributed by atoms with Crippen molar-refractivity contribution in [3.05, 3.63) is 120 Å². The summed E-state index contributed by atoms with van der Waals surface area (Å²) in [5.74, 6) is 0. The zero-order valence-corrected chi connectivity index (χ0v) is 16.6. The van der Waals surface area contributed by atoms with Crippen molar-refractivity contribution >= 4 is 22.4 Å². The lowest BCUT2D eigenvalue weighted by molar-refractivity contribution is 1.59. The van der Waals surface area contributed by atoms with Crippen molar-refractivity contribution in [1.82, 2.24) is 0 Å². The van der Waals surface area contributed by atoms with E-state index in [4.69, 9.17) is 11.6 Å². The summed E-state index contributed by atoms with van der Waals surface area (Å²) in [6.45, 7) is 0. The van der Waals surface area contributed by atoms with Gasteiger partial charge in [0.15, 0.2) is 0 Å². The number of hydrogen-bond donors (Lipinski definition) is 0. The van der Waals surface area contributed by atoms with Gasteiger partial charge in [0.2, 0.25) is 0 Å². The maximum Gasteiger partial charge on any atom is 0.0406 e. The van der Waals surface area contributed by atoms with E-state index in [-0.39, 0.29) is 0 Å². The normalized spacial score (nSPS) is 10.9. The first-order valence-electron chi connectivity index (χ1n) is 9.74. The highest BCUT2D eigenvalue weighted by Gasteiger charge is 2.13. The maximum atomic E-state index is 6.12. The molecule has 0 fully saturated rings. The van der Waals surface area contributed by atoms with Crippen LogP contribution >= 0.6 is 11.6 Å². The molecule has 29 heavy (non-hydrogen) atoms. The van der Waals surface area contributed by atoms with Crippen LogP contribution in [0.2, 0.25) is 5.02 Å². The molecule has 0 saturated heterocycles. The maximum absolute atomic E-state index is 6.12.